The van der Waals surface area contributed by atoms with Gasteiger partial charge in [-0.25, -0.2) is 4.79 Å². The minimum Gasteiger partial charge on any atom is -0.480 e. The lowest BCUT2D eigenvalue weighted by atomic mass is 9.96. The molecular weight excluding hydrogens is 392 g/mol. The van der Waals surface area contributed by atoms with Crippen molar-refractivity contribution in [2.75, 3.05) is 13.1 Å². The van der Waals surface area contributed by atoms with Gasteiger partial charge in [0.05, 0.1) is 12.1 Å². The van der Waals surface area contributed by atoms with Gasteiger partial charge in [0.2, 0.25) is 17.7 Å². The van der Waals surface area contributed by atoms with E-state index in [9.17, 15) is 29.4 Å². The second kappa shape index (κ2) is 10.7. The minimum atomic E-state index is -1.45. The Bertz CT molecular complexity index is 649. The number of carboxylic acid groups (broad SMARTS) is 1. The lowest BCUT2D eigenvalue weighted by Crippen LogP contribution is -2.59. The summed E-state index contributed by atoms with van der Waals surface area (Å²) in [5.41, 5.74) is 0. The third-order valence-corrected chi connectivity index (χ3v) is 6.04. The number of hydrogen-bond acceptors (Lipinski definition) is 6. The molecular formula is C20H34N4O6. The van der Waals surface area contributed by atoms with Gasteiger partial charge in [-0.3, -0.25) is 14.4 Å². The van der Waals surface area contributed by atoms with E-state index in [1.807, 2.05) is 13.8 Å². The highest BCUT2D eigenvalue weighted by Gasteiger charge is 2.41. The summed E-state index contributed by atoms with van der Waals surface area (Å²) < 4.78 is 0. The van der Waals surface area contributed by atoms with Gasteiger partial charge in [0.1, 0.15) is 12.1 Å². The largest absolute Gasteiger partial charge is 0.480 e. The number of amides is 3. The molecule has 0 radical (unpaired) electrons. The van der Waals surface area contributed by atoms with E-state index in [1.54, 1.807) is 0 Å². The Balaban J connectivity index is 2.12. The predicted octanol–water partition coefficient (Wildman–Crippen LogP) is -0.789. The summed E-state index contributed by atoms with van der Waals surface area (Å²) in [5.74, 6) is -2.64. The second-order valence-corrected chi connectivity index (χ2v) is 8.28. The van der Waals surface area contributed by atoms with Crippen molar-refractivity contribution in [2.45, 2.75) is 83.1 Å². The molecule has 0 aromatic rings. The highest BCUT2D eigenvalue weighted by atomic mass is 16.4. The number of carboxylic acids is 1. The summed E-state index contributed by atoms with van der Waals surface area (Å²) in [6, 6.07) is -3.35. The number of rotatable bonds is 9. The van der Waals surface area contributed by atoms with Gasteiger partial charge in [0.15, 0.2) is 6.04 Å². The Morgan fingerprint density at radius 2 is 1.73 bits per heavy atom. The van der Waals surface area contributed by atoms with E-state index in [1.165, 1.54) is 11.8 Å². The van der Waals surface area contributed by atoms with Crippen LogP contribution in [-0.4, -0.2) is 82.2 Å². The summed E-state index contributed by atoms with van der Waals surface area (Å²) in [7, 11) is 0. The molecule has 0 aromatic heterocycles. The van der Waals surface area contributed by atoms with Crippen LogP contribution in [0, 0.1) is 5.92 Å². The standard InChI is InChI=1S/C20H34N4O6/c1-4-11(2)15(22-17(26)13-7-5-9-21-13)19(28)24-10-6-8-14(24)18(27)23-16(12(3)25)20(29)30/h11-16,21,25H,4-10H2,1-3H3,(H,22,26)(H,23,27)(H,29,30). The van der Waals surface area contributed by atoms with Crippen molar-refractivity contribution < 1.29 is 29.4 Å². The van der Waals surface area contributed by atoms with Crippen LogP contribution in [-0.2, 0) is 19.2 Å². The molecule has 30 heavy (non-hydrogen) atoms. The van der Waals surface area contributed by atoms with Crippen molar-refractivity contribution in [3.8, 4) is 0 Å². The quantitative estimate of drug-likeness (QED) is 0.324. The van der Waals surface area contributed by atoms with Gasteiger partial charge in [-0.15, -0.1) is 0 Å². The molecule has 3 amide bonds. The van der Waals surface area contributed by atoms with Crippen LogP contribution in [0.1, 0.15) is 52.9 Å². The molecule has 2 saturated heterocycles. The number of likely N-dealkylation sites (tertiary alicyclic amines) is 1. The summed E-state index contributed by atoms with van der Waals surface area (Å²) in [5, 5.41) is 27.1. The van der Waals surface area contributed by atoms with E-state index in [4.69, 9.17) is 0 Å². The first-order valence-electron chi connectivity index (χ1n) is 10.7. The third-order valence-electron chi connectivity index (χ3n) is 6.04. The van der Waals surface area contributed by atoms with Gasteiger partial charge in [-0.1, -0.05) is 20.3 Å². The van der Waals surface area contributed by atoms with Gasteiger partial charge < -0.3 is 31.1 Å². The van der Waals surface area contributed by atoms with Crippen LogP contribution in [0.25, 0.3) is 0 Å². The number of nitrogens with zero attached hydrogens (tertiary/aromatic N) is 1. The first kappa shape index (κ1) is 24.1. The van der Waals surface area contributed by atoms with Gasteiger partial charge in [-0.05, 0) is 45.1 Å². The zero-order valence-electron chi connectivity index (χ0n) is 17.9. The second-order valence-electron chi connectivity index (χ2n) is 8.28. The molecule has 0 bridgehead atoms. The monoisotopic (exact) mass is 426 g/mol. The highest BCUT2D eigenvalue weighted by Crippen LogP contribution is 2.22. The summed E-state index contributed by atoms with van der Waals surface area (Å²) in [6.07, 6.45) is 2.02. The average Bonchev–Trinajstić information content (AvgIpc) is 3.40. The average molecular weight is 427 g/mol. The first-order valence-corrected chi connectivity index (χ1v) is 10.7. The van der Waals surface area contributed by atoms with Crippen molar-refractivity contribution >= 4 is 23.7 Å². The van der Waals surface area contributed by atoms with Crippen LogP contribution in [0.15, 0.2) is 0 Å². The fourth-order valence-electron chi connectivity index (χ4n) is 3.97. The Hall–Kier alpha value is -2.20. The number of aliphatic hydroxyl groups is 1. The molecule has 0 aliphatic carbocycles. The Kier molecular flexibility index (Phi) is 8.60. The molecule has 6 unspecified atom stereocenters. The fraction of sp³-hybridized carbons (Fsp3) is 0.800. The van der Waals surface area contributed by atoms with Crippen molar-refractivity contribution in [3.63, 3.8) is 0 Å². The summed E-state index contributed by atoms with van der Waals surface area (Å²) >= 11 is 0. The number of aliphatic hydroxyl groups excluding tert-OH is 1. The molecule has 2 aliphatic heterocycles. The number of nitrogens with one attached hydrogen (secondary N) is 3. The number of aliphatic carboxylic acids is 1. The molecule has 5 N–H and O–H groups in total. The number of carbonyl (C=O) groups excluding carboxylic acids is 3. The van der Waals surface area contributed by atoms with Crippen molar-refractivity contribution in [1.82, 2.24) is 20.9 Å². The van der Waals surface area contributed by atoms with Crippen LogP contribution in [0.4, 0.5) is 0 Å². The smallest absolute Gasteiger partial charge is 0.328 e. The number of carbonyl (C=O) groups is 4. The van der Waals surface area contributed by atoms with E-state index in [0.717, 1.165) is 19.4 Å². The molecule has 6 atom stereocenters. The zero-order chi connectivity index (χ0) is 22.4. The predicted molar refractivity (Wildman–Crippen MR) is 108 cm³/mol. The lowest BCUT2D eigenvalue weighted by molar-refractivity contribution is -0.147. The van der Waals surface area contributed by atoms with E-state index < -0.39 is 36.1 Å². The van der Waals surface area contributed by atoms with Crippen LogP contribution < -0.4 is 16.0 Å². The van der Waals surface area contributed by atoms with Gasteiger partial charge in [-0.2, -0.15) is 0 Å². The van der Waals surface area contributed by atoms with Gasteiger partial charge >= 0.3 is 5.97 Å². The molecule has 2 aliphatic rings. The summed E-state index contributed by atoms with van der Waals surface area (Å²) in [6.45, 7) is 6.21. The summed E-state index contributed by atoms with van der Waals surface area (Å²) in [4.78, 5) is 51.3. The Morgan fingerprint density at radius 1 is 1.07 bits per heavy atom. The van der Waals surface area contributed by atoms with Gasteiger partial charge in [0.25, 0.3) is 0 Å². The molecule has 2 rings (SSSR count). The molecule has 2 heterocycles. The van der Waals surface area contributed by atoms with E-state index in [2.05, 4.69) is 16.0 Å². The zero-order valence-corrected chi connectivity index (χ0v) is 17.9. The highest BCUT2D eigenvalue weighted by molar-refractivity contribution is 5.94. The van der Waals surface area contributed by atoms with Crippen LogP contribution in [0.5, 0.6) is 0 Å². The molecule has 0 spiro atoms. The number of hydrogen-bond donors (Lipinski definition) is 5. The van der Waals surface area contributed by atoms with E-state index >= 15 is 0 Å². The third kappa shape index (κ3) is 5.69. The minimum absolute atomic E-state index is 0.128. The lowest BCUT2D eigenvalue weighted by Gasteiger charge is -2.32. The maximum absolute atomic E-state index is 13.3. The topological polar surface area (TPSA) is 148 Å². The van der Waals surface area contributed by atoms with Crippen molar-refractivity contribution in [3.05, 3.63) is 0 Å². The maximum Gasteiger partial charge on any atom is 0.328 e. The molecule has 0 aromatic carbocycles. The SMILES string of the molecule is CCC(C)C(NC(=O)C1CCCN1)C(=O)N1CCCC1C(=O)NC(C(=O)O)C(C)O. The van der Waals surface area contributed by atoms with E-state index in [-0.39, 0.29) is 23.8 Å². The normalized spacial score (nSPS) is 25.3. The van der Waals surface area contributed by atoms with Gasteiger partial charge in [0, 0.05) is 6.54 Å². The Labute approximate surface area is 176 Å². The van der Waals surface area contributed by atoms with E-state index in [0.29, 0.717) is 25.8 Å². The van der Waals surface area contributed by atoms with Crippen LogP contribution in [0.2, 0.25) is 0 Å². The maximum atomic E-state index is 13.3. The van der Waals surface area contributed by atoms with Crippen LogP contribution >= 0.6 is 0 Å². The molecule has 10 nitrogen and oxygen atoms in total. The van der Waals surface area contributed by atoms with Crippen molar-refractivity contribution in [2.24, 2.45) is 5.92 Å². The molecule has 170 valence electrons. The molecule has 2 fully saturated rings. The fourth-order valence-corrected chi connectivity index (χ4v) is 3.97. The molecule has 10 heteroatoms. The van der Waals surface area contributed by atoms with Crippen molar-refractivity contribution in [1.29, 1.82) is 0 Å². The first-order chi connectivity index (χ1) is 14.2. The Morgan fingerprint density at radius 3 is 2.27 bits per heavy atom. The molecule has 0 saturated carbocycles. The van der Waals surface area contributed by atoms with Crippen LogP contribution in [0.3, 0.4) is 0 Å².